The number of rotatable bonds is 9. The summed E-state index contributed by atoms with van der Waals surface area (Å²) in [7, 11) is -3.59. The Hall–Kier alpha value is -2.54. The Morgan fingerprint density at radius 3 is 2.10 bits per heavy atom. The van der Waals surface area contributed by atoms with Gasteiger partial charge in [-0.15, -0.1) is 0 Å². The van der Waals surface area contributed by atoms with Crippen LogP contribution in [0.2, 0.25) is 0 Å². The van der Waals surface area contributed by atoms with Crippen molar-refractivity contribution in [3.8, 4) is 5.75 Å². The highest BCUT2D eigenvalue weighted by atomic mass is 32.2. The molecule has 170 valence electrons. The highest BCUT2D eigenvalue weighted by Crippen LogP contribution is 2.24. The third-order valence-electron chi connectivity index (χ3n) is 4.95. The van der Waals surface area contributed by atoms with Gasteiger partial charge in [0.25, 0.3) is 0 Å². The van der Waals surface area contributed by atoms with Gasteiger partial charge in [-0.1, -0.05) is 58.9 Å². The summed E-state index contributed by atoms with van der Waals surface area (Å²) in [5, 5.41) is 2.72. The number of carbonyl (C=O) groups excluding carboxylic acids is 1. The van der Waals surface area contributed by atoms with Crippen molar-refractivity contribution in [1.29, 1.82) is 0 Å². The van der Waals surface area contributed by atoms with Crippen LogP contribution in [0.5, 0.6) is 5.75 Å². The average Bonchev–Trinajstić information content (AvgIpc) is 2.68. The van der Waals surface area contributed by atoms with Crippen molar-refractivity contribution < 1.29 is 17.9 Å². The molecule has 0 aliphatic rings. The van der Waals surface area contributed by atoms with Gasteiger partial charge in [0.15, 0.2) is 0 Å². The summed E-state index contributed by atoms with van der Waals surface area (Å²) in [6.07, 6.45) is 1.10. The van der Waals surface area contributed by atoms with Crippen molar-refractivity contribution in [2.45, 2.75) is 46.0 Å². The van der Waals surface area contributed by atoms with Gasteiger partial charge in [0.2, 0.25) is 15.9 Å². The standard InChI is InChI=1S/C24H34N2O4S/c1-18(2)19-7-11-21(12-8-19)26(31(6,28)29)17-23(27)25-15-16-30-22-13-9-20(10-14-22)24(3,4)5/h7-14,18H,15-17H2,1-6H3,(H,25,27). The summed E-state index contributed by atoms with van der Waals surface area (Å²) in [6, 6.07) is 15.1. The fraction of sp³-hybridized carbons (Fsp3) is 0.458. The van der Waals surface area contributed by atoms with E-state index in [1.165, 1.54) is 5.56 Å². The van der Waals surface area contributed by atoms with Crippen molar-refractivity contribution in [2.75, 3.05) is 30.3 Å². The number of anilines is 1. The maximum absolute atomic E-state index is 12.3. The number of nitrogens with one attached hydrogen (secondary N) is 1. The zero-order valence-electron chi connectivity index (χ0n) is 19.3. The zero-order chi connectivity index (χ0) is 23.2. The normalized spacial score (nSPS) is 12.0. The number of sulfonamides is 1. The minimum absolute atomic E-state index is 0.0765. The van der Waals surface area contributed by atoms with Crippen molar-refractivity contribution in [3.63, 3.8) is 0 Å². The van der Waals surface area contributed by atoms with Gasteiger partial charge in [-0.2, -0.15) is 0 Å². The van der Waals surface area contributed by atoms with E-state index < -0.39 is 10.0 Å². The van der Waals surface area contributed by atoms with E-state index in [4.69, 9.17) is 4.74 Å². The molecule has 0 saturated carbocycles. The summed E-state index contributed by atoms with van der Waals surface area (Å²) in [5.41, 5.74) is 2.87. The molecule has 0 aliphatic carbocycles. The highest BCUT2D eigenvalue weighted by Gasteiger charge is 2.21. The number of amides is 1. The van der Waals surface area contributed by atoms with Gasteiger partial charge in [0.1, 0.15) is 18.9 Å². The number of hydrogen-bond acceptors (Lipinski definition) is 4. The molecule has 0 aliphatic heterocycles. The number of nitrogens with zero attached hydrogens (tertiary/aromatic N) is 1. The molecule has 6 nitrogen and oxygen atoms in total. The average molecular weight is 447 g/mol. The van der Waals surface area contributed by atoms with Crippen molar-refractivity contribution in [3.05, 3.63) is 59.7 Å². The predicted octanol–water partition coefficient (Wildman–Crippen LogP) is 4.07. The maximum Gasteiger partial charge on any atom is 0.240 e. The quantitative estimate of drug-likeness (QED) is 0.589. The molecule has 2 aromatic rings. The van der Waals surface area contributed by atoms with Gasteiger partial charge in [-0.25, -0.2) is 8.42 Å². The van der Waals surface area contributed by atoms with E-state index in [2.05, 4.69) is 39.9 Å². The Kier molecular flexibility index (Phi) is 8.12. The Morgan fingerprint density at radius 2 is 1.61 bits per heavy atom. The molecule has 0 spiro atoms. The third kappa shape index (κ3) is 7.58. The first-order valence-electron chi connectivity index (χ1n) is 10.5. The zero-order valence-corrected chi connectivity index (χ0v) is 20.1. The van der Waals surface area contributed by atoms with Crippen LogP contribution in [-0.2, 0) is 20.2 Å². The molecule has 0 atom stereocenters. The van der Waals surface area contributed by atoms with Gasteiger partial charge in [-0.05, 0) is 46.7 Å². The Bertz CT molecular complexity index is 960. The van der Waals surface area contributed by atoms with Crippen molar-refractivity contribution in [1.82, 2.24) is 5.32 Å². The SMILES string of the molecule is CC(C)c1ccc(N(CC(=O)NCCOc2ccc(C(C)(C)C)cc2)S(C)(=O)=O)cc1. The molecular formula is C24H34N2O4S. The van der Waals surface area contributed by atoms with Crippen LogP contribution in [0.4, 0.5) is 5.69 Å². The van der Waals surface area contributed by atoms with Gasteiger partial charge >= 0.3 is 0 Å². The summed E-state index contributed by atoms with van der Waals surface area (Å²) >= 11 is 0. The molecule has 0 unspecified atom stereocenters. The molecule has 2 aromatic carbocycles. The van der Waals surface area contributed by atoms with E-state index in [-0.39, 0.29) is 24.4 Å². The Morgan fingerprint density at radius 1 is 1.03 bits per heavy atom. The first kappa shape index (κ1) is 24.7. The first-order chi connectivity index (χ1) is 14.4. The molecule has 1 N–H and O–H groups in total. The second-order valence-corrected chi connectivity index (χ2v) is 10.9. The minimum atomic E-state index is -3.59. The van der Waals surface area contributed by atoms with Crippen LogP contribution in [0.3, 0.4) is 0 Å². The lowest BCUT2D eigenvalue weighted by atomic mass is 9.87. The lowest BCUT2D eigenvalue weighted by Crippen LogP contribution is -2.41. The summed E-state index contributed by atoms with van der Waals surface area (Å²) in [4.78, 5) is 12.3. The molecule has 0 radical (unpaired) electrons. The van der Waals surface area contributed by atoms with Gasteiger partial charge in [0, 0.05) is 0 Å². The van der Waals surface area contributed by atoms with E-state index in [1.807, 2.05) is 36.4 Å². The molecule has 2 rings (SSSR count). The molecule has 0 saturated heterocycles. The fourth-order valence-corrected chi connectivity index (χ4v) is 3.88. The molecule has 0 aromatic heterocycles. The predicted molar refractivity (Wildman–Crippen MR) is 126 cm³/mol. The van der Waals surface area contributed by atoms with Crippen LogP contribution < -0.4 is 14.4 Å². The first-order valence-corrected chi connectivity index (χ1v) is 12.3. The lowest BCUT2D eigenvalue weighted by molar-refractivity contribution is -0.119. The molecule has 0 bridgehead atoms. The Balaban J connectivity index is 1.89. The van der Waals surface area contributed by atoms with Crippen molar-refractivity contribution in [2.24, 2.45) is 0 Å². The van der Waals surface area contributed by atoms with E-state index in [0.717, 1.165) is 21.9 Å². The molecular weight excluding hydrogens is 412 g/mol. The van der Waals surface area contributed by atoms with E-state index >= 15 is 0 Å². The van der Waals surface area contributed by atoms with Crippen LogP contribution in [0.15, 0.2) is 48.5 Å². The minimum Gasteiger partial charge on any atom is -0.492 e. The molecule has 0 heterocycles. The van der Waals surface area contributed by atoms with E-state index in [1.54, 1.807) is 12.1 Å². The lowest BCUT2D eigenvalue weighted by Gasteiger charge is -2.22. The number of benzene rings is 2. The highest BCUT2D eigenvalue weighted by molar-refractivity contribution is 7.92. The van der Waals surface area contributed by atoms with Crippen LogP contribution in [-0.4, -0.2) is 40.3 Å². The monoisotopic (exact) mass is 446 g/mol. The molecule has 0 fully saturated rings. The smallest absolute Gasteiger partial charge is 0.240 e. The van der Waals surface area contributed by atoms with E-state index in [9.17, 15) is 13.2 Å². The van der Waals surface area contributed by atoms with Crippen LogP contribution >= 0.6 is 0 Å². The molecule has 7 heteroatoms. The third-order valence-corrected chi connectivity index (χ3v) is 6.09. The number of carbonyl (C=O) groups is 1. The van der Waals surface area contributed by atoms with Crippen LogP contribution in [0, 0.1) is 0 Å². The largest absolute Gasteiger partial charge is 0.492 e. The molecule has 1 amide bonds. The van der Waals surface area contributed by atoms with E-state index in [0.29, 0.717) is 18.2 Å². The van der Waals surface area contributed by atoms with Crippen LogP contribution in [0.25, 0.3) is 0 Å². The van der Waals surface area contributed by atoms with Gasteiger partial charge in [0.05, 0.1) is 18.5 Å². The Labute approximate surface area is 186 Å². The second-order valence-electron chi connectivity index (χ2n) is 8.99. The maximum atomic E-state index is 12.3. The number of ether oxygens (including phenoxy) is 1. The van der Waals surface area contributed by atoms with Crippen LogP contribution in [0.1, 0.15) is 51.7 Å². The second kappa shape index (κ2) is 10.2. The van der Waals surface area contributed by atoms with Gasteiger partial charge < -0.3 is 10.1 Å². The molecule has 31 heavy (non-hydrogen) atoms. The van der Waals surface area contributed by atoms with Gasteiger partial charge in [-0.3, -0.25) is 9.10 Å². The summed E-state index contributed by atoms with van der Waals surface area (Å²) in [6.45, 7) is 10.9. The van der Waals surface area contributed by atoms with Crippen molar-refractivity contribution >= 4 is 21.6 Å². The fourth-order valence-electron chi connectivity index (χ4n) is 3.02. The summed E-state index contributed by atoms with van der Waals surface area (Å²) in [5.74, 6) is 0.684. The topological polar surface area (TPSA) is 75.7 Å². The summed E-state index contributed by atoms with van der Waals surface area (Å²) < 4.78 is 31.2. The number of hydrogen-bond donors (Lipinski definition) is 1.